The predicted molar refractivity (Wildman–Crippen MR) is 92.8 cm³/mol. The van der Waals surface area contributed by atoms with Crippen LogP contribution in [0.5, 0.6) is 5.75 Å². The van der Waals surface area contributed by atoms with Crippen molar-refractivity contribution in [3.05, 3.63) is 28.8 Å². The molecule has 0 saturated carbocycles. The standard InChI is InChI=1S/C19H31NO2/c1-11(2)15-10-16(14(7)9-17(15)22-8)19(21)20-18(12(3)4)13(5)6/h9-13,18H,1-8H3,(H,20,21). The van der Waals surface area contributed by atoms with Gasteiger partial charge in [-0.05, 0) is 47.9 Å². The van der Waals surface area contributed by atoms with Crippen molar-refractivity contribution < 1.29 is 9.53 Å². The molecule has 1 aromatic rings. The molecule has 0 fully saturated rings. The Morgan fingerprint density at radius 2 is 1.59 bits per heavy atom. The second-order valence-corrected chi connectivity index (χ2v) is 7.05. The van der Waals surface area contributed by atoms with Crippen LogP contribution in [0.1, 0.15) is 68.9 Å². The van der Waals surface area contributed by atoms with Crippen molar-refractivity contribution in [1.29, 1.82) is 0 Å². The SMILES string of the molecule is COc1cc(C)c(C(=O)NC(C(C)C)C(C)C)cc1C(C)C. The first-order valence-corrected chi connectivity index (χ1v) is 8.18. The lowest BCUT2D eigenvalue weighted by molar-refractivity contribution is 0.0909. The van der Waals surface area contributed by atoms with E-state index in [9.17, 15) is 4.79 Å². The number of nitrogens with one attached hydrogen (secondary N) is 1. The Morgan fingerprint density at radius 1 is 1.05 bits per heavy atom. The van der Waals surface area contributed by atoms with E-state index in [2.05, 4.69) is 46.9 Å². The van der Waals surface area contributed by atoms with Crippen LogP contribution in [0.3, 0.4) is 0 Å². The van der Waals surface area contributed by atoms with Gasteiger partial charge in [0.1, 0.15) is 5.75 Å². The maximum Gasteiger partial charge on any atom is 0.251 e. The van der Waals surface area contributed by atoms with Crippen LogP contribution in [0.2, 0.25) is 0 Å². The normalized spacial score (nSPS) is 11.6. The average Bonchev–Trinajstić information content (AvgIpc) is 2.42. The monoisotopic (exact) mass is 305 g/mol. The third-order valence-corrected chi connectivity index (χ3v) is 4.18. The molecule has 124 valence electrons. The minimum Gasteiger partial charge on any atom is -0.496 e. The summed E-state index contributed by atoms with van der Waals surface area (Å²) in [5, 5.41) is 3.20. The molecule has 1 rings (SSSR count). The number of rotatable bonds is 6. The van der Waals surface area contributed by atoms with Gasteiger partial charge >= 0.3 is 0 Å². The quantitative estimate of drug-likeness (QED) is 0.838. The van der Waals surface area contributed by atoms with Crippen LogP contribution in [-0.4, -0.2) is 19.1 Å². The third-order valence-electron chi connectivity index (χ3n) is 4.18. The summed E-state index contributed by atoms with van der Waals surface area (Å²) in [4.78, 5) is 12.7. The van der Waals surface area contributed by atoms with Gasteiger partial charge in [0.15, 0.2) is 0 Å². The van der Waals surface area contributed by atoms with Crippen LogP contribution >= 0.6 is 0 Å². The Morgan fingerprint density at radius 3 is 2.00 bits per heavy atom. The van der Waals surface area contributed by atoms with E-state index in [0.29, 0.717) is 17.8 Å². The van der Waals surface area contributed by atoms with E-state index in [4.69, 9.17) is 4.74 Å². The summed E-state index contributed by atoms with van der Waals surface area (Å²) in [7, 11) is 1.67. The van der Waals surface area contributed by atoms with Gasteiger partial charge in [-0.25, -0.2) is 0 Å². The van der Waals surface area contributed by atoms with Gasteiger partial charge in [-0.2, -0.15) is 0 Å². The molecule has 0 atom stereocenters. The lowest BCUT2D eigenvalue weighted by Crippen LogP contribution is -2.42. The summed E-state index contributed by atoms with van der Waals surface area (Å²) in [6.07, 6.45) is 0. The largest absolute Gasteiger partial charge is 0.496 e. The molecule has 0 saturated heterocycles. The Labute approximate surface area is 135 Å². The lowest BCUT2D eigenvalue weighted by atomic mass is 9.92. The van der Waals surface area contributed by atoms with Gasteiger partial charge < -0.3 is 10.1 Å². The zero-order valence-electron chi connectivity index (χ0n) is 15.3. The predicted octanol–water partition coefficient (Wildman–Crippen LogP) is 4.54. The Bertz CT molecular complexity index is 510. The highest BCUT2D eigenvalue weighted by Gasteiger charge is 2.22. The van der Waals surface area contributed by atoms with Gasteiger partial charge in [0.05, 0.1) is 7.11 Å². The van der Waals surface area contributed by atoms with Gasteiger partial charge in [0.2, 0.25) is 0 Å². The van der Waals surface area contributed by atoms with Crippen LogP contribution in [0, 0.1) is 18.8 Å². The molecule has 3 heteroatoms. The molecular formula is C19H31NO2. The number of benzene rings is 1. The molecule has 22 heavy (non-hydrogen) atoms. The van der Waals surface area contributed by atoms with Crippen molar-refractivity contribution in [3.63, 3.8) is 0 Å². The van der Waals surface area contributed by atoms with E-state index in [1.165, 1.54) is 0 Å². The fourth-order valence-corrected chi connectivity index (χ4v) is 2.90. The van der Waals surface area contributed by atoms with Gasteiger partial charge in [-0.1, -0.05) is 41.5 Å². The van der Waals surface area contributed by atoms with Crippen LogP contribution in [0.15, 0.2) is 12.1 Å². The molecule has 0 aliphatic heterocycles. The molecule has 0 aromatic heterocycles. The summed E-state index contributed by atoms with van der Waals surface area (Å²) in [5.74, 6) is 2.00. The fraction of sp³-hybridized carbons (Fsp3) is 0.632. The Balaban J connectivity index is 3.15. The molecule has 0 heterocycles. The van der Waals surface area contributed by atoms with Crippen LogP contribution in [0.25, 0.3) is 0 Å². The van der Waals surface area contributed by atoms with Crippen molar-refractivity contribution in [2.24, 2.45) is 11.8 Å². The number of ether oxygens (including phenoxy) is 1. The second-order valence-electron chi connectivity index (χ2n) is 7.05. The number of hydrogen-bond donors (Lipinski definition) is 1. The van der Waals surface area contributed by atoms with E-state index >= 15 is 0 Å². The van der Waals surface area contributed by atoms with E-state index in [-0.39, 0.29) is 11.9 Å². The van der Waals surface area contributed by atoms with Crippen molar-refractivity contribution in [2.45, 2.75) is 60.4 Å². The number of amides is 1. The molecule has 3 nitrogen and oxygen atoms in total. The first-order valence-electron chi connectivity index (χ1n) is 8.18. The van der Waals surface area contributed by atoms with Crippen LogP contribution < -0.4 is 10.1 Å². The summed E-state index contributed by atoms with van der Waals surface area (Å²) < 4.78 is 5.45. The maximum atomic E-state index is 12.7. The first kappa shape index (κ1) is 18.5. The maximum absolute atomic E-state index is 12.7. The van der Waals surface area contributed by atoms with Gasteiger partial charge in [0, 0.05) is 11.6 Å². The molecular weight excluding hydrogens is 274 g/mol. The first-order chi connectivity index (χ1) is 10.2. The topological polar surface area (TPSA) is 38.3 Å². The summed E-state index contributed by atoms with van der Waals surface area (Å²) >= 11 is 0. The van der Waals surface area contributed by atoms with Crippen molar-refractivity contribution >= 4 is 5.91 Å². The smallest absolute Gasteiger partial charge is 0.251 e. The Hall–Kier alpha value is -1.51. The number of carbonyl (C=O) groups is 1. The van der Waals surface area contributed by atoms with Crippen molar-refractivity contribution in [3.8, 4) is 5.75 Å². The minimum absolute atomic E-state index is 0.00875. The lowest BCUT2D eigenvalue weighted by Gasteiger charge is -2.26. The summed E-state index contributed by atoms with van der Waals surface area (Å²) in [6.45, 7) is 14.8. The molecule has 1 N–H and O–H groups in total. The highest BCUT2D eigenvalue weighted by Crippen LogP contribution is 2.29. The molecule has 0 bridgehead atoms. The van der Waals surface area contributed by atoms with Gasteiger partial charge in [-0.15, -0.1) is 0 Å². The van der Waals surface area contributed by atoms with E-state index < -0.39 is 0 Å². The molecule has 1 aromatic carbocycles. The molecule has 1 amide bonds. The number of methoxy groups -OCH3 is 1. The fourth-order valence-electron chi connectivity index (χ4n) is 2.90. The molecule has 0 aliphatic carbocycles. The van der Waals surface area contributed by atoms with E-state index in [1.807, 2.05) is 19.1 Å². The van der Waals surface area contributed by atoms with Crippen molar-refractivity contribution in [2.75, 3.05) is 7.11 Å². The summed E-state index contributed by atoms with van der Waals surface area (Å²) in [6, 6.07) is 4.12. The zero-order chi connectivity index (χ0) is 17.0. The molecule has 0 aliphatic rings. The number of hydrogen-bond acceptors (Lipinski definition) is 2. The second kappa shape index (κ2) is 7.66. The number of aryl methyl sites for hydroxylation is 1. The van der Waals surface area contributed by atoms with Crippen LogP contribution in [0.4, 0.5) is 0 Å². The van der Waals surface area contributed by atoms with E-state index in [0.717, 1.165) is 22.4 Å². The highest BCUT2D eigenvalue weighted by atomic mass is 16.5. The average molecular weight is 305 g/mol. The van der Waals surface area contributed by atoms with Gasteiger partial charge in [0.25, 0.3) is 5.91 Å². The molecule has 0 unspecified atom stereocenters. The summed E-state index contributed by atoms with van der Waals surface area (Å²) in [5.41, 5.74) is 2.77. The number of carbonyl (C=O) groups excluding carboxylic acids is 1. The molecule has 0 spiro atoms. The van der Waals surface area contributed by atoms with Gasteiger partial charge in [-0.3, -0.25) is 4.79 Å². The van der Waals surface area contributed by atoms with Crippen molar-refractivity contribution in [1.82, 2.24) is 5.32 Å². The van der Waals surface area contributed by atoms with E-state index in [1.54, 1.807) is 7.11 Å². The highest BCUT2D eigenvalue weighted by molar-refractivity contribution is 5.96. The minimum atomic E-state index is 0.00875. The molecule has 0 radical (unpaired) electrons. The van der Waals surface area contributed by atoms with Crippen LogP contribution in [-0.2, 0) is 0 Å². The zero-order valence-corrected chi connectivity index (χ0v) is 15.3. The Kier molecular flexibility index (Phi) is 6.46. The third kappa shape index (κ3) is 4.25.